The number of aromatic nitrogens is 2. The summed E-state index contributed by atoms with van der Waals surface area (Å²) >= 11 is 5.93. The quantitative estimate of drug-likeness (QED) is 0.914. The zero-order valence-corrected chi connectivity index (χ0v) is 11.8. The second kappa shape index (κ2) is 5.44. The van der Waals surface area contributed by atoms with Crippen molar-refractivity contribution in [2.24, 2.45) is 0 Å². The minimum atomic E-state index is 0.752. The van der Waals surface area contributed by atoms with Gasteiger partial charge >= 0.3 is 0 Å². The number of benzene rings is 1. The summed E-state index contributed by atoms with van der Waals surface area (Å²) in [5.41, 5.74) is 4.66. The maximum Gasteiger partial charge on any atom is 0.0625 e. The van der Waals surface area contributed by atoms with Gasteiger partial charge in [0.2, 0.25) is 0 Å². The molecule has 3 nitrogen and oxygen atoms in total. The van der Waals surface area contributed by atoms with E-state index in [9.17, 15) is 0 Å². The molecule has 0 saturated heterocycles. The largest absolute Gasteiger partial charge is 0.383 e. The fraction of sp³-hybridized carbons (Fsp3) is 0.357. The van der Waals surface area contributed by atoms with Crippen molar-refractivity contribution < 1.29 is 0 Å². The van der Waals surface area contributed by atoms with Crippen LogP contribution in [-0.4, -0.2) is 16.3 Å². The maximum absolute atomic E-state index is 5.93. The molecule has 0 fully saturated rings. The smallest absolute Gasteiger partial charge is 0.0625 e. The minimum absolute atomic E-state index is 0.752. The third-order valence-corrected chi connectivity index (χ3v) is 3.46. The zero-order valence-electron chi connectivity index (χ0n) is 11.0. The SMILES string of the molecule is Cc1nn(CCNc2cccc(Cl)c2)c(C)c1C. The molecule has 1 heterocycles. The minimum Gasteiger partial charge on any atom is -0.383 e. The normalized spacial score (nSPS) is 10.7. The molecule has 4 heteroatoms. The van der Waals surface area contributed by atoms with Crippen molar-refractivity contribution in [3.63, 3.8) is 0 Å². The summed E-state index contributed by atoms with van der Waals surface area (Å²) in [5.74, 6) is 0. The third kappa shape index (κ3) is 2.85. The van der Waals surface area contributed by atoms with Crippen molar-refractivity contribution in [1.82, 2.24) is 9.78 Å². The van der Waals surface area contributed by atoms with E-state index < -0.39 is 0 Å². The summed E-state index contributed by atoms with van der Waals surface area (Å²) in [4.78, 5) is 0. The number of hydrogen-bond acceptors (Lipinski definition) is 2. The predicted molar refractivity (Wildman–Crippen MR) is 76.4 cm³/mol. The summed E-state index contributed by atoms with van der Waals surface area (Å²) in [6.45, 7) is 7.95. The molecule has 2 aromatic rings. The van der Waals surface area contributed by atoms with E-state index >= 15 is 0 Å². The summed E-state index contributed by atoms with van der Waals surface area (Å²) in [6, 6.07) is 7.75. The van der Waals surface area contributed by atoms with E-state index in [1.54, 1.807) is 0 Å². The van der Waals surface area contributed by atoms with Gasteiger partial charge in [0.25, 0.3) is 0 Å². The van der Waals surface area contributed by atoms with Crippen LogP contribution >= 0.6 is 11.6 Å². The Hall–Kier alpha value is -1.48. The van der Waals surface area contributed by atoms with Gasteiger partial charge in [-0.3, -0.25) is 4.68 Å². The standard InChI is InChI=1S/C14H18ClN3/c1-10-11(2)17-18(12(10)3)8-7-16-14-6-4-5-13(15)9-14/h4-6,9,16H,7-8H2,1-3H3. The molecule has 0 atom stereocenters. The molecule has 0 amide bonds. The summed E-state index contributed by atoms with van der Waals surface area (Å²) in [5, 5.41) is 8.61. The number of halogens is 1. The molecule has 0 saturated carbocycles. The Morgan fingerprint density at radius 1 is 1.28 bits per heavy atom. The fourth-order valence-electron chi connectivity index (χ4n) is 1.91. The van der Waals surface area contributed by atoms with Crippen molar-refractivity contribution in [1.29, 1.82) is 0 Å². The number of anilines is 1. The highest BCUT2D eigenvalue weighted by molar-refractivity contribution is 6.30. The van der Waals surface area contributed by atoms with Crippen LogP contribution in [0.4, 0.5) is 5.69 Å². The molecule has 2 rings (SSSR count). The van der Waals surface area contributed by atoms with E-state index in [1.165, 1.54) is 11.3 Å². The van der Waals surface area contributed by atoms with Gasteiger partial charge in [-0.25, -0.2) is 0 Å². The fourth-order valence-corrected chi connectivity index (χ4v) is 2.10. The molecule has 18 heavy (non-hydrogen) atoms. The van der Waals surface area contributed by atoms with Crippen LogP contribution in [0.15, 0.2) is 24.3 Å². The van der Waals surface area contributed by atoms with Crippen LogP contribution in [0.5, 0.6) is 0 Å². The number of hydrogen-bond donors (Lipinski definition) is 1. The molecule has 0 radical (unpaired) electrons. The van der Waals surface area contributed by atoms with Gasteiger partial charge in [0.1, 0.15) is 0 Å². The van der Waals surface area contributed by atoms with Crippen molar-refractivity contribution in [3.05, 3.63) is 46.2 Å². The summed E-state index contributed by atoms with van der Waals surface area (Å²) in [7, 11) is 0. The first-order chi connectivity index (χ1) is 8.58. The second-order valence-corrected chi connectivity index (χ2v) is 4.89. The van der Waals surface area contributed by atoms with Crippen molar-refractivity contribution >= 4 is 17.3 Å². The van der Waals surface area contributed by atoms with Crippen LogP contribution in [0.25, 0.3) is 0 Å². The predicted octanol–water partition coefficient (Wildman–Crippen LogP) is 3.57. The van der Waals surface area contributed by atoms with Crippen LogP contribution in [0, 0.1) is 20.8 Å². The first-order valence-electron chi connectivity index (χ1n) is 6.08. The molecule has 96 valence electrons. The van der Waals surface area contributed by atoms with Crippen molar-refractivity contribution in [3.8, 4) is 0 Å². The number of aryl methyl sites for hydroxylation is 1. The highest BCUT2D eigenvalue weighted by atomic mass is 35.5. The maximum atomic E-state index is 5.93. The van der Waals surface area contributed by atoms with Crippen molar-refractivity contribution in [2.45, 2.75) is 27.3 Å². The summed E-state index contributed by atoms with van der Waals surface area (Å²) in [6.07, 6.45) is 0. The molecule has 0 unspecified atom stereocenters. The van der Waals surface area contributed by atoms with E-state index in [0.29, 0.717) is 0 Å². The van der Waals surface area contributed by atoms with Gasteiger partial charge in [0.05, 0.1) is 12.2 Å². The molecule has 0 bridgehead atoms. The molecule has 0 spiro atoms. The van der Waals surface area contributed by atoms with Crippen molar-refractivity contribution in [2.75, 3.05) is 11.9 Å². The van der Waals surface area contributed by atoms with E-state index in [2.05, 4.69) is 24.3 Å². The topological polar surface area (TPSA) is 29.9 Å². The Morgan fingerprint density at radius 3 is 2.67 bits per heavy atom. The van der Waals surface area contributed by atoms with Gasteiger partial charge in [0.15, 0.2) is 0 Å². The van der Waals surface area contributed by atoms with Crippen LogP contribution in [0.1, 0.15) is 17.0 Å². The first kappa shape index (κ1) is 13.0. The second-order valence-electron chi connectivity index (χ2n) is 4.46. The highest BCUT2D eigenvalue weighted by Crippen LogP contribution is 2.15. The molecular formula is C14H18ClN3. The van der Waals surface area contributed by atoms with Gasteiger partial charge in [-0.05, 0) is 44.5 Å². The monoisotopic (exact) mass is 263 g/mol. The Morgan fingerprint density at radius 2 is 2.06 bits per heavy atom. The van der Waals surface area contributed by atoms with Gasteiger partial charge in [-0.15, -0.1) is 0 Å². The van der Waals surface area contributed by atoms with E-state index in [0.717, 1.165) is 29.5 Å². The molecule has 1 aromatic carbocycles. The summed E-state index contributed by atoms with van der Waals surface area (Å²) < 4.78 is 2.04. The van der Waals surface area contributed by atoms with E-state index in [4.69, 9.17) is 11.6 Å². The zero-order chi connectivity index (χ0) is 13.1. The lowest BCUT2D eigenvalue weighted by molar-refractivity contribution is 0.614. The lowest BCUT2D eigenvalue weighted by Crippen LogP contribution is -2.12. The third-order valence-electron chi connectivity index (χ3n) is 3.22. The van der Waals surface area contributed by atoms with Gasteiger partial charge < -0.3 is 5.32 Å². The van der Waals surface area contributed by atoms with Gasteiger partial charge in [-0.2, -0.15) is 5.10 Å². The average Bonchev–Trinajstić information content (AvgIpc) is 2.57. The van der Waals surface area contributed by atoms with Crippen LogP contribution in [0.3, 0.4) is 0 Å². The van der Waals surface area contributed by atoms with E-state index in [-0.39, 0.29) is 0 Å². The van der Waals surface area contributed by atoms with Crippen LogP contribution in [-0.2, 0) is 6.54 Å². The number of nitrogens with zero attached hydrogens (tertiary/aromatic N) is 2. The average molecular weight is 264 g/mol. The molecule has 0 aliphatic carbocycles. The Labute approximate surface area is 113 Å². The first-order valence-corrected chi connectivity index (χ1v) is 6.46. The van der Waals surface area contributed by atoms with E-state index in [1.807, 2.05) is 35.9 Å². The molecule has 1 N–H and O–H groups in total. The molecule has 0 aliphatic rings. The number of rotatable bonds is 4. The lowest BCUT2D eigenvalue weighted by Gasteiger charge is -2.08. The Balaban J connectivity index is 1.94. The lowest BCUT2D eigenvalue weighted by atomic mass is 10.2. The molecular weight excluding hydrogens is 246 g/mol. The Bertz CT molecular complexity index is 546. The highest BCUT2D eigenvalue weighted by Gasteiger charge is 2.06. The molecule has 1 aromatic heterocycles. The van der Waals surface area contributed by atoms with Crippen LogP contribution in [0.2, 0.25) is 5.02 Å². The Kier molecular flexibility index (Phi) is 3.92. The van der Waals surface area contributed by atoms with Crippen LogP contribution < -0.4 is 5.32 Å². The van der Waals surface area contributed by atoms with Gasteiger partial charge in [0, 0.05) is 22.9 Å². The number of nitrogens with one attached hydrogen (secondary N) is 1. The van der Waals surface area contributed by atoms with Gasteiger partial charge in [-0.1, -0.05) is 17.7 Å². The molecule has 0 aliphatic heterocycles.